The molecule has 52 heavy (non-hydrogen) atoms. The van der Waals surface area contributed by atoms with Crippen molar-refractivity contribution in [2.75, 3.05) is 0 Å². The Kier molecular flexibility index (Phi) is 62.0. The molecule has 6 nitrogen and oxygen atoms in total. The molecule has 7 heteroatoms. The first kappa shape index (κ1) is 58.5. The van der Waals surface area contributed by atoms with E-state index in [1.807, 2.05) is 0 Å². The van der Waals surface area contributed by atoms with Crippen LogP contribution in [-0.2, 0) is 14.4 Å². The molecule has 0 atom stereocenters. The minimum Gasteiger partial charge on any atom is -0.550 e. The van der Waals surface area contributed by atoms with Crippen LogP contribution < -0.4 is 15.3 Å². The number of rotatable bonds is 39. The predicted molar refractivity (Wildman–Crippen MR) is 212 cm³/mol. The molecule has 0 saturated heterocycles. The molecule has 0 N–H and O–H groups in total. The van der Waals surface area contributed by atoms with Gasteiger partial charge in [-0.15, -0.1) is 0 Å². The van der Waals surface area contributed by atoms with Gasteiger partial charge in [0, 0.05) is 17.9 Å². The van der Waals surface area contributed by atoms with Gasteiger partial charge in [0.1, 0.15) is 0 Å². The molecule has 0 rings (SSSR count). The molecule has 0 amide bonds. The van der Waals surface area contributed by atoms with Crippen molar-refractivity contribution in [2.45, 2.75) is 271 Å². The zero-order chi connectivity index (χ0) is 38.3. The summed E-state index contributed by atoms with van der Waals surface area (Å²) in [5.41, 5.74) is 0. The molecule has 0 spiro atoms. The van der Waals surface area contributed by atoms with E-state index in [1.165, 1.54) is 193 Å². The van der Waals surface area contributed by atoms with Crippen molar-refractivity contribution in [1.82, 2.24) is 0 Å². The second-order valence-corrected chi connectivity index (χ2v) is 15.0. The van der Waals surface area contributed by atoms with E-state index in [0.717, 1.165) is 38.5 Å². The number of unbranched alkanes of at least 4 members (excludes halogenated alkanes) is 33. The van der Waals surface area contributed by atoms with Crippen molar-refractivity contribution in [3.05, 3.63) is 0 Å². The Labute approximate surface area is 357 Å². The van der Waals surface area contributed by atoms with Crippen molar-refractivity contribution < 1.29 is 71.0 Å². The minimum atomic E-state index is -0.905. The average Bonchev–Trinajstić information content (AvgIpc) is 3.10. The van der Waals surface area contributed by atoms with Crippen LogP contribution in [0.25, 0.3) is 0 Å². The smallest absolute Gasteiger partial charge is 0.550 e. The zero-order valence-electron chi connectivity index (χ0n) is 35.1. The number of carbonyl (C=O) groups excluding carboxylic acids is 3. The Morgan fingerprint density at radius 1 is 0.250 bits per heavy atom. The van der Waals surface area contributed by atoms with Crippen molar-refractivity contribution in [3.8, 4) is 0 Å². The molecule has 0 aromatic carbocycles. The summed E-state index contributed by atoms with van der Waals surface area (Å²) in [6.07, 6.45) is 46.4. The van der Waals surface area contributed by atoms with Gasteiger partial charge in [-0.3, -0.25) is 0 Å². The maximum Gasteiger partial charge on any atom is 3.00 e. The number of carboxylic acids is 3. The van der Waals surface area contributed by atoms with Crippen LogP contribution in [0.1, 0.15) is 271 Å². The first-order chi connectivity index (χ1) is 24.8. The minimum absolute atomic E-state index is 0. The summed E-state index contributed by atoms with van der Waals surface area (Å²) in [5, 5.41) is 30.5. The normalized spacial score (nSPS) is 10.4. The Bertz CT molecular complexity index is 596. The third-order valence-electron chi connectivity index (χ3n) is 9.70. The fraction of sp³-hybridized carbons (Fsp3) is 0.933. The monoisotopic (exact) mass is 865 g/mol. The van der Waals surface area contributed by atoms with Crippen LogP contribution >= 0.6 is 0 Å². The third kappa shape index (κ3) is 67.9. The second-order valence-electron chi connectivity index (χ2n) is 15.0. The molecule has 0 aliphatic heterocycles. The van der Waals surface area contributed by atoms with Gasteiger partial charge >= 0.3 is 41.3 Å². The summed E-state index contributed by atoms with van der Waals surface area (Å²) in [5.74, 6) is -2.72. The molecule has 0 saturated carbocycles. The van der Waals surface area contributed by atoms with Crippen molar-refractivity contribution in [2.24, 2.45) is 0 Å². The SMILES string of the molecule is CCCCCCCCCCCCCCC(=O)[O-].CCCCCCCCCCCCCCC(=O)[O-].CCCCCCCCCCCCCCC(=O)[O-].[Pr+3]. The molecule has 306 valence electrons. The van der Waals surface area contributed by atoms with Crippen LogP contribution in [0, 0.1) is 41.3 Å². The number of hydrogen-bond donors (Lipinski definition) is 0. The van der Waals surface area contributed by atoms with Gasteiger partial charge in [-0.05, 0) is 38.5 Å². The van der Waals surface area contributed by atoms with E-state index >= 15 is 0 Å². The molecular weight excluding hydrogens is 777 g/mol. The van der Waals surface area contributed by atoms with Crippen molar-refractivity contribution in [3.63, 3.8) is 0 Å². The van der Waals surface area contributed by atoms with Gasteiger partial charge < -0.3 is 29.7 Å². The summed E-state index contributed by atoms with van der Waals surface area (Å²) in [6.45, 7) is 6.75. The topological polar surface area (TPSA) is 120 Å². The maximum absolute atomic E-state index is 10.2. The summed E-state index contributed by atoms with van der Waals surface area (Å²) in [4.78, 5) is 30.5. The van der Waals surface area contributed by atoms with E-state index in [-0.39, 0.29) is 60.6 Å². The quantitative estimate of drug-likeness (QED) is 0.0568. The summed E-state index contributed by atoms with van der Waals surface area (Å²) >= 11 is 0. The summed E-state index contributed by atoms with van der Waals surface area (Å²) < 4.78 is 0. The molecule has 0 aliphatic carbocycles. The Hall–Kier alpha value is -0.226. The van der Waals surface area contributed by atoms with Crippen LogP contribution in [-0.4, -0.2) is 17.9 Å². The first-order valence-electron chi connectivity index (χ1n) is 22.4. The van der Waals surface area contributed by atoms with Gasteiger partial charge in [0.25, 0.3) is 0 Å². The molecule has 0 bridgehead atoms. The second kappa shape index (κ2) is 55.1. The number of hydrogen-bond acceptors (Lipinski definition) is 6. The van der Waals surface area contributed by atoms with Gasteiger partial charge in [0.05, 0.1) is 0 Å². The Morgan fingerprint density at radius 3 is 0.481 bits per heavy atom. The summed E-state index contributed by atoms with van der Waals surface area (Å²) in [6, 6.07) is 0. The molecule has 0 aliphatic rings. The number of aliphatic carboxylic acids is 3. The summed E-state index contributed by atoms with van der Waals surface area (Å²) in [7, 11) is 0. The third-order valence-corrected chi connectivity index (χ3v) is 9.70. The standard InChI is InChI=1S/3C15H30O2.Pr/c3*1-2-3-4-5-6-7-8-9-10-11-12-13-14-15(16)17;/h3*2-14H2,1H3,(H,16,17);/q;;;+3/p-3. The van der Waals surface area contributed by atoms with Gasteiger partial charge in [0.15, 0.2) is 0 Å². The average molecular weight is 865 g/mol. The van der Waals surface area contributed by atoms with E-state index in [9.17, 15) is 29.7 Å². The van der Waals surface area contributed by atoms with Gasteiger partial charge in [0.2, 0.25) is 0 Å². The van der Waals surface area contributed by atoms with Crippen LogP contribution in [0.5, 0.6) is 0 Å². The van der Waals surface area contributed by atoms with Gasteiger partial charge in [-0.2, -0.15) is 0 Å². The van der Waals surface area contributed by atoms with Crippen LogP contribution in [0.15, 0.2) is 0 Å². The van der Waals surface area contributed by atoms with Crippen molar-refractivity contribution >= 4 is 17.9 Å². The first-order valence-corrected chi connectivity index (χ1v) is 22.4. The Balaban J connectivity index is -0.000000329. The zero-order valence-corrected chi connectivity index (χ0v) is 38.8. The molecule has 0 radical (unpaired) electrons. The van der Waals surface area contributed by atoms with E-state index in [1.54, 1.807) is 0 Å². The molecule has 0 heterocycles. The number of carboxylic acid groups (broad SMARTS) is 3. The maximum atomic E-state index is 10.2. The predicted octanol–water partition coefficient (Wildman–Crippen LogP) is 11.5. The number of carbonyl (C=O) groups is 3. The van der Waals surface area contributed by atoms with Crippen molar-refractivity contribution in [1.29, 1.82) is 0 Å². The molecule has 0 fully saturated rings. The molecule has 0 unspecified atom stereocenters. The molecule has 0 aromatic heterocycles. The van der Waals surface area contributed by atoms with E-state index < -0.39 is 17.9 Å². The van der Waals surface area contributed by atoms with Crippen LogP contribution in [0.2, 0.25) is 0 Å². The molecule has 0 aromatic rings. The fourth-order valence-electron chi connectivity index (χ4n) is 6.33. The van der Waals surface area contributed by atoms with E-state index in [4.69, 9.17) is 0 Å². The molecular formula is C45H87O6Pr. The Morgan fingerprint density at radius 2 is 0.365 bits per heavy atom. The van der Waals surface area contributed by atoms with Gasteiger partial charge in [-0.25, -0.2) is 0 Å². The van der Waals surface area contributed by atoms with Crippen LogP contribution in [0.3, 0.4) is 0 Å². The fourth-order valence-corrected chi connectivity index (χ4v) is 6.33. The van der Waals surface area contributed by atoms with Gasteiger partial charge in [-0.1, -0.05) is 233 Å². The van der Waals surface area contributed by atoms with E-state index in [2.05, 4.69) is 20.8 Å². The van der Waals surface area contributed by atoms with E-state index in [0.29, 0.717) is 0 Å². The largest absolute Gasteiger partial charge is 3.00 e. The van der Waals surface area contributed by atoms with Crippen LogP contribution in [0.4, 0.5) is 0 Å².